The number of ether oxygens (including phenoxy) is 1. The van der Waals surface area contributed by atoms with Gasteiger partial charge in [0.2, 0.25) is 0 Å². The molecule has 0 heterocycles. The van der Waals surface area contributed by atoms with Crippen LogP contribution in [0.15, 0.2) is 48.5 Å². The summed E-state index contributed by atoms with van der Waals surface area (Å²) in [4.78, 5) is 12.3. The number of rotatable bonds is 3. The van der Waals surface area contributed by atoms with Gasteiger partial charge in [0.05, 0.1) is 5.57 Å². The van der Waals surface area contributed by atoms with E-state index >= 15 is 0 Å². The van der Waals surface area contributed by atoms with Gasteiger partial charge in [0.25, 0.3) is 0 Å². The van der Waals surface area contributed by atoms with E-state index in [1.807, 2.05) is 0 Å². The fraction of sp³-hybridized carbons (Fsp3) is 0.0625. The van der Waals surface area contributed by atoms with Gasteiger partial charge >= 0.3 is 6.61 Å². The van der Waals surface area contributed by atoms with Crippen molar-refractivity contribution >= 4 is 17.1 Å². The Hall–Kier alpha value is -2.69. The minimum atomic E-state index is -2.90. The summed E-state index contributed by atoms with van der Waals surface area (Å²) < 4.78 is 28.4. The second-order valence-electron chi connectivity index (χ2n) is 4.50. The van der Waals surface area contributed by atoms with E-state index in [-0.39, 0.29) is 22.9 Å². The summed E-state index contributed by atoms with van der Waals surface area (Å²) in [6.45, 7) is -2.90. The minimum Gasteiger partial charge on any atom is -0.507 e. The van der Waals surface area contributed by atoms with E-state index in [2.05, 4.69) is 4.74 Å². The Morgan fingerprint density at radius 1 is 0.952 bits per heavy atom. The molecule has 0 radical (unpaired) electrons. The summed E-state index contributed by atoms with van der Waals surface area (Å²) in [6.07, 6.45) is 0. The Bertz CT molecular complexity index is 733. The molecule has 0 saturated heterocycles. The van der Waals surface area contributed by atoms with Gasteiger partial charge in [-0.3, -0.25) is 4.79 Å². The van der Waals surface area contributed by atoms with Gasteiger partial charge in [0.1, 0.15) is 11.5 Å². The molecule has 0 aliphatic heterocycles. The maximum atomic E-state index is 12.3. The van der Waals surface area contributed by atoms with Crippen LogP contribution in [-0.4, -0.2) is 17.5 Å². The fourth-order valence-electron chi connectivity index (χ4n) is 2.34. The Kier molecular flexibility index (Phi) is 3.17. The van der Waals surface area contributed by atoms with Crippen LogP contribution < -0.4 is 4.74 Å². The van der Waals surface area contributed by atoms with Crippen molar-refractivity contribution in [1.29, 1.82) is 0 Å². The van der Waals surface area contributed by atoms with Crippen LogP contribution in [0, 0.1) is 0 Å². The number of Topliss-reactive ketones (excluding diaryl/α,β-unsaturated/α-hetero) is 1. The predicted octanol–water partition coefficient (Wildman–Crippen LogP) is 3.91. The molecule has 2 aromatic rings. The monoisotopic (exact) mass is 288 g/mol. The molecule has 106 valence electrons. The van der Waals surface area contributed by atoms with Gasteiger partial charge in [0.15, 0.2) is 5.78 Å². The van der Waals surface area contributed by atoms with E-state index < -0.39 is 6.61 Å². The molecule has 3 rings (SSSR count). The lowest BCUT2D eigenvalue weighted by atomic mass is 10.0. The van der Waals surface area contributed by atoms with Gasteiger partial charge < -0.3 is 9.84 Å². The van der Waals surface area contributed by atoms with Crippen LogP contribution in [-0.2, 0) is 0 Å². The molecule has 2 aromatic carbocycles. The number of halogens is 2. The topological polar surface area (TPSA) is 46.5 Å². The van der Waals surface area contributed by atoms with E-state index in [4.69, 9.17) is 0 Å². The summed E-state index contributed by atoms with van der Waals surface area (Å²) in [5.41, 5.74) is 1.53. The number of aliphatic hydroxyl groups is 1. The number of allylic oxidation sites excluding steroid dienone is 1. The summed E-state index contributed by atoms with van der Waals surface area (Å²) in [6, 6.07) is 12.3. The molecule has 1 aliphatic rings. The normalized spacial score (nSPS) is 13.8. The highest BCUT2D eigenvalue weighted by Gasteiger charge is 2.30. The van der Waals surface area contributed by atoms with E-state index in [9.17, 15) is 18.7 Å². The van der Waals surface area contributed by atoms with Gasteiger partial charge in [-0.2, -0.15) is 8.78 Å². The van der Waals surface area contributed by atoms with Crippen molar-refractivity contribution in [2.45, 2.75) is 6.61 Å². The summed E-state index contributed by atoms with van der Waals surface area (Å²) in [5, 5.41) is 10.2. The van der Waals surface area contributed by atoms with Crippen LogP contribution in [0.5, 0.6) is 5.75 Å². The first-order valence-electron chi connectivity index (χ1n) is 6.20. The van der Waals surface area contributed by atoms with Crippen molar-refractivity contribution in [2.24, 2.45) is 0 Å². The highest BCUT2D eigenvalue weighted by atomic mass is 19.3. The number of aliphatic hydroxyl groups excluding tert-OH is 1. The third kappa shape index (κ3) is 2.27. The molecule has 1 N–H and O–H groups in total. The average Bonchev–Trinajstić information content (AvgIpc) is 2.72. The van der Waals surface area contributed by atoms with Crippen LogP contribution in [0.2, 0.25) is 0 Å². The van der Waals surface area contributed by atoms with E-state index in [1.54, 1.807) is 24.3 Å². The summed E-state index contributed by atoms with van der Waals surface area (Å²) >= 11 is 0. The van der Waals surface area contributed by atoms with Crippen LogP contribution in [0.25, 0.3) is 11.3 Å². The Balaban J connectivity index is 1.98. The van der Waals surface area contributed by atoms with Crippen LogP contribution in [0.4, 0.5) is 8.78 Å². The van der Waals surface area contributed by atoms with Gasteiger partial charge in [-0.25, -0.2) is 0 Å². The van der Waals surface area contributed by atoms with Crippen LogP contribution in [0.1, 0.15) is 21.5 Å². The number of carbonyl (C=O) groups excluding carboxylic acids is 1. The second kappa shape index (κ2) is 5.01. The molecule has 0 aromatic heterocycles. The maximum absolute atomic E-state index is 12.3. The Morgan fingerprint density at radius 3 is 2.14 bits per heavy atom. The quantitative estimate of drug-likeness (QED) is 0.931. The predicted molar refractivity (Wildman–Crippen MR) is 73.3 cm³/mol. The van der Waals surface area contributed by atoms with E-state index in [0.717, 1.165) is 0 Å². The van der Waals surface area contributed by atoms with Crippen molar-refractivity contribution in [2.75, 3.05) is 0 Å². The number of hydrogen-bond acceptors (Lipinski definition) is 3. The molecule has 3 nitrogen and oxygen atoms in total. The zero-order chi connectivity index (χ0) is 15.0. The number of benzene rings is 2. The molecule has 0 atom stereocenters. The molecule has 0 saturated carbocycles. The number of fused-ring (bicyclic) bond motifs is 1. The van der Waals surface area contributed by atoms with Gasteiger partial charge in [-0.1, -0.05) is 36.4 Å². The number of hydrogen-bond donors (Lipinski definition) is 1. The fourth-order valence-corrected chi connectivity index (χ4v) is 2.34. The third-order valence-corrected chi connectivity index (χ3v) is 3.26. The van der Waals surface area contributed by atoms with E-state index in [0.29, 0.717) is 16.7 Å². The van der Waals surface area contributed by atoms with Crippen molar-refractivity contribution in [1.82, 2.24) is 0 Å². The molecule has 0 bridgehead atoms. The van der Waals surface area contributed by atoms with Crippen LogP contribution >= 0.6 is 0 Å². The molecular weight excluding hydrogens is 278 g/mol. The lowest BCUT2D eigenvalue weighted by Crippen LogP contribution is -2.02. The smallest absolute Gasteiger partial charge is 0.387 e. The van der Waals surface area contributed by atoms with Crippen molar-refractivity contribution in [3.63, 3.8) is 0 Å². The van der Waals surface area contributed by atoms with Gasteiger partial charge in [0, 0.05) is 11.1 Å². The molecule has 21 heavy (non-hydrogen) atoms. The molecule has 0 unspecified atom stereocenters. The standard InChI is InChI=1S/C16H10F2O3/c17-16(18)21-10-7-5-9(6-8-10)13-14(19)11-3-1-2-4-12(11)15(13)20/h1-8,16,19H. The third-order valence-electron chi connectivity index (χ3n) is 3.26. The lowest BCUT2D eigenvalue weighted by molar-refractivity contribution is -0.0498. The molecule has 0 amide bonds. The molecule has 0 spiro atoms. The average molecular weight is 288 g/mol. The Morgan fingerprint density at radius 2 is 1.57 bits per heavy atom. The number of alkyl halides is 2. The summed E-state index contributed by atoms with van der Waals surface area (Å²) in [5.74, 6) is -0.388. The van der Waals surface area contributed by atoms with Gasteiger partial charge in [-0.15, -0.1) is 0 Å². The Labute approximate surface area is 119 Å². The van der Waals surface area contributed by atoms with E-state index in [1.165, 1.54) is 24.3 Å². The number of carbonyl (C=O) groups is 1. The van der Waals surface area contributed by atoms with Gasteiger partial charge in [-0.05, 0) is 17.7 Å². The maximum Gasteiger partial charge on any atom is 0.387 e. The highest BCUT2D eigenvalue weighted by molar-refractivity contribution is 6.38. The molecular formula is C16H10F2O3. The van der Waals surface area contributed by atoms with Crippen molar-refractivity contribution in [3.8, 4) is 5.75 Å². The number of ketones is 1. The zero-order valence-corrected chi connectivity index (χ0v) is 10.7. The second-order valence-corrected chi connectivity index (χ2v) is 4.50. The largest absolute Gasteiger partial charge is 0.507 e. The van der Waals surface area contributed by atoms with Crippen LogP contribution in [0.3, 0.4) is 0 Å². The first-order valence-corrected chi connectivity index (χ1v) is 6.20. The lowest BCUT2D eigenvalue weighted by Gasteiger charge is -2.06. The van der Waals surface area contributed by atoms with Crippen molar-refractivity contribution < 1.29 is 23.4 Å². The summed E-state index contributed by atoms with van der Waals surface area (Å²) in [7, 11) is 0. The molecule has 5 heteroatoms. The first-order chi connectivity index (χ1) is 10.1. The zero-order valence-electron chi connectivity index (χ0n) is 10.7. The molecule has 1 aliphatic carbocycles. The van der Waals surface area contributed by atoms with Crippen molar-refractivity contribution in [3.05, 3.63) is 65.2 Å². The highest BCUT2D eigenvalue weighted by Crippen LogP contribution is 2.37. The first kappa shape index (κ1) is 13.3. The minimum absolute atomic E-state index is 0.00296. The molecule has 0 fully saturated rings. The SMILES string of the molecule is O=C1C(c2ccc(OC(F)F)cc2)=C(O)c2ccccc21.